The van der Waals surface area contributed by atoms with E-state index in [2.05, 4.69) is 17.1 Å². The molecule has 8 heteroatoms. The molecule has 2 heterocycles. The zero-order chi connectivity index (χ0) is 15.3. The summed E-state index contributed by atoms with van der Waals surface area (Å²) in [7, 11) is -3.30. The lowest BCUT2D eigenvalue weighted by Crippen LogP contribution is -2.50. The van der Waals surface area contributed by atoms with Crippen molar-refractivity contribution < 1.29 is 13.2 Å². The van der Waals surface area contributed by atoms with Crippen molar-refractivity contribution in [3.05, 3.63) is 0 Å². The van der Waals surface area contributed by atoms with Gasteiger partial charge in [-0.1, -0.05) is 6.92 Å². The standard InChI is InChI=1S/C13H26N4O3S/c1-2-15-8-10-16(11-9-15)13(18)3-12-21(19,20)17-6-4-14-5-7-17/h14H,2-12H2,1H3. The molecule has 2 saturated heterocycles. The maximum atomic E-state index is 12.2. The Morgan fingerprint density at radius 3 is 2.24 bits per heavy atom. The Kier molecular flexibility index (Phi) is 5.98. The van der Waals surface area contributed by atoms with E-state index >= 15 is 0 Å². The summed E-state index contributed by atoms with van der Waals surface area (Å²) in [5, 5.41) is 3.13. The quantitative estimate of drug-likeness (QED) is 0.688. The van der Waals surface area contributed by atoms with Crippen LogP contribution in [0.15, 0.2) is 0 Å². The van der Waals surface area contributed by atoms with E-state index in [-0.39, 0.29) is 18.1 Å². The summed E-state index contributed by atoms with van der Waals surface area (Å²) in [5.74, 6) is -0.107. The molecule has 0 saturated carbocycles. The largest absolute Gasteiger partial charge is 0.340 e. The Morgan fingerprint density at radius 1 is 1.05 bits per heavy atom. The topological polar surface area (TPSA) is 73.0 Å². The van der Waals surface area contributed by atoms with Gasteiger partial charge in [0.25, 0.3) is 0 Å². The number of carbonyl (C=O) groups excluding carboxylic acids is 1. The number of piperazine rings is 2. The van der Waals surface area contributed by atoms with Crippen molar-refractivity contribution in [1.82, 2.24) is 19.4 Å². The molecule has 0 aromatic heterocycles. The number of nitrogens with zero attached hydrogens (tertiary/aromatic N) is 3. The molecule has 122 valence electrons. The summed E-state index contributed by atoms with van der Waals surface area (Å²) < 4.78 is 25.9. The van der Waals surface area contributed by atoms with Crippen LogP contribution in [0, 0.1) is 0 Å². The Labute approximate surface area is 127 Å². The van der Waals surface area contributed by atoms with Crippen LogP contribution in [-0.4, -0.2) is 93.1 Å². The molecule has 1 N–H and O–H groups in total. The Bertz CT molecular complexity index is 440. The number of sulfonamides is 1. The van der Waals surface area contributed by atoms with E-state index in [1.165, 1.54) is 4.31 Å². The highest BCUT2D eigenvalue weighted by Crippen LogP contribution is 2.08. The number of hydrogen-bond acceptors (Lipinski definition) is 5. The third kappa shape index (κ3) is 4.64. The molecule has 0 bridgehead atoms. The molecular weight excluding hydrogens is 292 g/mol. The molecule has 0 radical (unpaired) electrons. The number of nitrogens with one attached hydrogen (secondary N) is 1. The Hall–Kier alpha value is -0.700. The molecule has 2 aliphatic rings. The van der Waals surface area contributed by atoms with Crippen molar-refractivity contribution in [3.8, 4) is 0 Å². The van der Waals surface area contributed by atoms with Gasteiger partial charge in [0.1, 0.15) is 0 Å². The molecule has 0 atom stereocenters. The lowest BCUT2D eigenvalue weighted by molar-refractivity contribution is -0.132. The van der Waals surface area contributed by atoms with Crippen molar-refractivity contribution in [2.75, 3.05) is 64.7 Å². The van der Waals surface area contributed by atoms with E-state index < -0.39 is 10.0 Å². The zero-order valence-electron chi connectivity index (χ0n) is 12.8. The van der Waals surface area contributed by atoms with Gasteiger partial charge in [-0.15, -0.1) is 0 Å². The van der Waals surface area contributed by atoms with E-state index in [4.69, 9.17) is 0 Å². The summed E-state index contributed by atoms with van der Waals surface area (Å²) in [4.78, 5) is 16.2. The van der Waals surface area contributed by atoms with Crippen LogP contribution in [0.5, 0.6) is 0 Å². The monoisotopic (exact) mass is 318 g/mol. The molecule has 7 nitrogen and oxygen atoms in total. The van der Waals surface area contributed by atoms with Crippen molar-refractivity contribution in [3.63, 3.8) is 0 Å². The molecule has 0 aliphatic carbocycles. The minimum Gasteiger partial charge on any atom is -0.340 e. The minimum absolute atomic E-state index is 0.0375. The van der Waals surface area contributed by atoms with Crippen LogP contribution in [0.2, 0.25) is 0 Å². The second-order valence-electron chi connectivity index (χ2n) is 5.53. The first-order chi connectivity index (χ1) is 10.0. The Balaban J connectivity index is 1.78. The predicted octanol–water partition coefficient (Wildman–Crippen LogP) is -1.22. The highest BCUT2D eigenvalue weighted by molar-refractivity contribution is 7.89. The predicted molar refractivity (Wildman–Crippen MR) is 81.5 cm³/mol. The van der Waals surface area contributed by atoms with Crippen molar-refractivity contribution in [2.45, 2.75) is 13.3 Å². The first-order valence-corrected chi connectivity index (χ1v) is 9.32. The van der Waals surface area contributed by atoms with Gasteiger partial charge in [0.05, 0.1) is 5.75 Å². The van der Waals surface area contributed by atoms with Gasteiger partial charge in [-0.05, 0) is 6.54 Å². The zero-order valence-corrected chi connectivity index (χ0v) is 13.6. The van der Waals surface area contributed by atoms with E-state index in [1.54, 1.807) is 4.90 Å². The first kappa shape index (κ1) is 16.7. The molecule has 2 aliphatic heterocycles. The van der Waals surface area contributed by atoms with Gasteiger partial charge in [0, 0.05) is 58.8 Å². The molecule has 2 rings (SSSR count). The Morgan fingerprint density at radius 2 is 1.67 bits per heavy atom. The second-order valence-corrected chi connectivity index (χ2v) is 7.62. The fraction of sp³-hybridized carbons (Fsp3) is 0.923. The lowest BCUT2D eigenvalue weighted by Gasteiger charge is -2.34. The maximum Gasteiger partial charge on any atom is 0.223 e. The van der Waals surface area contributed by atoms with Crippen LogP contribution < -0.4 is 5.32 Å². The number of amides is 1. The third-order valence-corrected chi connectivity index (χ3v) is 6.09. The van der Waals surface area contributed by atoms with Crippen molar-refractivity contribution >= 4 is 15.9 Å². The van der Waals surface area contributed by atoms with Gasteiger partial charge in [0.2, 0.25) is 15.9 Å². The van der Waals surface area contributed by atoms with Gasteiger partial charge in [-0.25, -0.2) is 8.42 Å². The van der Waals surface area contributed by atoms with Crippen molar-refractivity contribution in [1.29, 1.82) is 0 Å². The highest BCUT2D eigenvalue weighted by atomic mass is 32.2. The van der Waals surface area contributed by atoms with Gasteiger partial charge in [-0.3, -0.25) is 4.79 Å². The van der Waals surface area contributed by atoms with E-state index in [1.807, 2.05) is 0 Å². The van der Waals surface area contributed by atoms with Crippen LogP contribution in [0.25, 0.3) is 0 Å². The summed E-state index contributed by atoms with van der Waals surface area (Å²) >= 11 is 0. The molecule has 21 heavy (non-hydrogen) atoms. The third-order valence-electron chi connectivity index (χ3n) is 4.22. The number of hydrogen-bond donors (Lipinski definition) is 1. The van der Waals surface area contributed by atoms with E-state index in [0.29, 0.717) is 39.3 Å². The fourth-order valence-electron chi connectivity index (χ4n) is 2.74. The SMILES string of the molecule is CCN1CCN(C(=O)CCS(=O)(=O)N2CCNCC2)CC1. The van der Waals surface area contributed by atoms with E-state index in [0.717, 1.165) is 19.6 Å². The maximum absolute atomic E-state index is 12.2. The minimum atomic E-state index is -3.30. The number of likely N-dealkylation sites (N-methyl/N-ethyl adjacent to an activating group) is 1. The first-order valence-electron chi connectivity index (χ1n) is 7.71. The van der Waals surface area contributed by atoms with Crippen LogP contribution in [0.4, 0.5) is 0 Å². The molecule has 0 unspecified atom stereocenters. The summed E-state index contributed by atoms with van der Waals surface area (Å²) in [6, 6.07) is 0. The van der Waals surface area contributed by atoms with Gasteiger partial charge in [0.15, 0.2) is 0 Å². The molecule has 2 fully saturated rings. The second kappa shape index (κ2) is 7.53. The van der Waals surface area contributed by atoms with Crippen LogP contribution >= 0.6 is 0 Å². The normalized spacial score (nSPS) is 22.4. The van der Waals surface area contributed by atoms with E-state index in [9.17, 15) is 13.2 Å². The summed E-state index contributed by atoms with van der Waals surface area (Å²) in [5.41, 5.74) is 0. The fourth-order valence-corrected chi connectivity index (χ4v) is 4.17. The molecule has 0 aromatic rings. The number of rotatable bonds is 5. The van der Waals surface area contributed by atoms with Gasteiger partial charge in [-0.2, -0.15) is 4.31 Å². The average Bonchev–Trinajstić information content (AvgIpc) is 2.53. The summed E-state index contributed by atoms with van der Waals surface area (Å²) in [6.07, 6.45) is 0.0956. The van der Waals surface area contributed by atoms with Crippen LogP contribution in [0.3, 0.4) is 0 Å². The van der Waals surface area contributed by atoms with Gasteiger partial charge >= 0.3 is 0 Å². The summed E-state index contributed by atoms with van der Waals surface area (Å²) in [6.45, 7) is 8.67. The average molecular weight is 318 g/mol. The lowest BCUT2D eigenvalue weighted by atomic mass is 10.3. The van der Waals surface area contributed by atoms with Crippen LogP contribution in [-0.2, 0) is 14.8 Å². The highest BCUT2D eigenvalue weighted by Gasteiger charge is 2.26. The molecule has 0 spiro atoms. The molecular formula is C13H26N4O3S. The van der Waals surface area contributed by atoms with Crippen molar-refractivity contribution in [2.24, 2.45) is 0 Å². The smallest absolute Gasteiger partial charge is 0.223 e. The number of carbonyl (C=O) groups is 1. The van der Waals surface area contributed by atoms with Gasteiger partial charge < -0.3 is 15.1 Å². The molecule has 0 aromatic carbocycles. The van der Waals surface area contributed by atoms with Crippen LogP contribution in [0.1, 0.15) is 13.3 Å². The molecule has 1 amide bonds.